The van der Waals surface area contributed by atoms with Gasteiger partial charge in [-0.1, -0.05) is 17.7 Å². The van der Waals surface area contributed by atoms with E-state index in [2.05, 4.69) is 15.7 Å². The number of hydrogen-bond donors (Lipinski definition) is 2. The maximum absolute atomic E-state index is 12.0. The summed E-state index contributed by atoms with van der Waals surface area (Å²) >= 11 is 5.92. The number of aromatic nitrogens is 2. The minimum atomic E-state index is -0.373. The Morgan fingerprint density at radius 3 is 2.56 bits per heavy atom. The lowest BCUT2D eigenvalue weighted by atomic mass is 10.2. The molecule has 0 aliphatic heterocycles. The summed E-state index contributed by atoms with van der Waals surface area (Å²) in [6.07, 6.45) is -0.240. The molecule has 134 valence electrons. The van der Waals surface area contributed by atoms with E-state index in [1.807, 2.05) is 44.5 Å². The standard InChI is InChI=1S/C18H23ClN4O2/c1-11-5-6-15(19)8-16(11)21-18(25)9-17(24)20-10-14(4)23-13(3)7-12(2)22-23/h5-8,14H,9-10H2,1-4H3,(H,20,24)(H,21,25)/t14-/m0/s1. The number of benzene rings is 1. The van der Waals surface area contributed by atoms with E-state index in [0.717, 1.165) is 17.0 Å². The first kappa shape index (κ1) is 19.0. The second kappa shape index (κ2) is 8.16. The molecule has 1 heterocycles. The van der Waals surface area contributed by atoms with E-state index in [-0.39, 0.29) is 24.3 Å². The lowest BCUT2D eigenvalue weighted by Gasteiger charge is -2.15. The zero-order chi connectivity index (χ0) is 18.6. The molecule has 25 heavy (non-hydrogen) atoms. The molecule has 0 unspecified atom stereocenters. The van der Waals surface area contributed by atoms with E-state index in [0.29, 0.717) is 17.3 Å². The smallest absolute Gasteiger partial charge is 0.233 e. The van der Waals surface area contributed by atoms with E-state index >= 15 is 0 Å². The maximum Gasteiger partial charge on any atom is 0.233 e. The summed E-state index contributed by atoms with van der Waals surface area (Å²) in [5, 5.41) is 10.4. The lowest BCUT2D eigenvalue weighted by molar-refractivity contribution is -0.126. The Morgan fingerprint density at radius 1 is 1.20 bits per heavy atom. The fourth-order valence-corrected chi connectivity index (χ4v) is 2.74. The fraction of sp³-hybridized carbons (Fsp3) is 0.389. The summed E-state index contributed by atoms with van der Waals surface area (Å²) in [6, 6.07) is 7.22. The van der Waals surface area contributed by atoms with E-state index < -0.39 is 0 Å². The molecule has 0 aliphatic carbocycles. The molecule has 0 bridgehead atoms. The Hall–Kier alpha value is -2.34. The SMILES string of the molecule is Cc1cc(C)n([C@@H](C)CNC(=O)CC(=O)Nc2cc(Cl)ccc2C)n1. The van der Waals surface area contributed by atoms with Crippen LogP contribution < -0.4 is 10.6 Å². The van der Waals surface area contributed by atoms with Crippen molar-refractivity contribution in [2.45, 2.75) is 40.2 Å². The van der Waals surface area contributed by atoms with Crippen molar-refractivity contribution in [3.8, 4) is 0 Å². The van der Waals surface area contributed by atoms with Crippen molar-refractivity contribution in [3.05, 3.63) is 46.2 Å². The van der Waals surface area contributed by atoms with Gasteiger partial charge in [0, 0.05) is 22.9 Å². The van der Waals surface area contributed by atoms with Gasteiger partial charge in [-0.05, 0) is 51.5 Å². The predicted molar refractivity (Wildman–Crippen MR) is 98.9 cm³/mol. The highest BCUT2D eigenvalue weighted by molar-refractivity contribution is 6.31. The average Bonchev–Trinajstić information content (AvgIpc) is 2.87. The fourth-order valence-electron chi connectivity index (χ4n) is 2.57. The first-order valence-corrected chi connectivity index (χ1v) is 8.49. The van der Waals surface area contributed by atoms with Crippen molar-refractivity contribution in [3.63, 3.8) is 0 Å². The van der Waals surface area contributed by atoms with Gasteiger partial charge in [-0.2, -0.15) is 5.10 Å². The van der Waals surface area contributed by atoms with E-state index in [4.69, 9.17) is 11.6 Å². The highest BCUT2D eigenvalue weighted by Crippen LogP contribution is 2.20. The average molecular weight is 363 g/mol. The zero-order valence-electron chi connectivity index (χ0n) is 14.9. The largest absolute Gasteiger partial charge is 0.354 e. The number of hydrogen-bond acceptors (Lipinski definition) is 3. The molecule has 0 fully saturated rings. The number of rotatable bonds is 6. The van der Waals surface area contributed by atoms with Crippen LogP contribution >= 0.6 is 11.6 Å². The minimum Gasteiger partial charge on any atom is -0.354 e. The van der Waals surface area contributed by atoms with Crippen molar-refractivity contribution in [1.29, 1.82) is 0 Å². The molecule has 2 rings (SSSR count). The maximum atomic E-state index is 12.0. The van der Waals surface area contributed by atoms with Crippen molar-refractivity contribution in [2.75, 3.05) is 11.9 Å². The zero-order valence-corrected chi connectivity index (χ0v) is 15.6. The van der Waals surface area contributed by atoms with E-state index in [9.17, 15) is 9.59 Å². The summed E-state index contributed by atoms with van der Waals surface area (Å²) in [6.45, 7) is 8.14. The quantitative estimate of drug-likeness (QED) is 0.775. The van der Waals surface area contributed by atoms with Gasteiger partial charge in [-0.15, -0.1) is 0 Å². The molecule has 0 saturated carbocycles. The Kier molecular flexibility index (Phi) is 6.20. The van der Waals surface area contributed by atoms with Gasteiger partial charge in [-0.3, -0.25) is 14.3 Å². The molecular weight excluding hydrogens is 340 g/mol. The highest BCUT2D eigenvalue weighted by atomic mass is 35.5. The van der Waals surface area contributed by atoms with Gasteiger partial charge in [-0.25, -0.2) is 0 Å². The van der Waals surface area contributed by atoms with Crippen LogP contribution in [-0.2, 0) is 9.59 Å². The first-order chi connectivity index (χ1) is 11.8. The number of nitrogens with zero attached hydrogens (tertiary/aromatic N) is 2. The number of amides is 2. The van der Waals surface area contributed by atoms with Gasteiger partial charge in [0.1, 0.15) is 6.42 Å². The molecule has 0 spiro atoms. The monoisotopic (exact) mass is 362 g/mol. The van der Waals surface area contributed by atoms with Crippen LogP contribution in [0.2, 0.25) is 5.02 Å². The van der Waals surface area contributed by atoms with Crippen molar-refractivity contribution in [1.82, 2.24) is 15.1 Å². The lowest BCUT2D eigenvalue weighted by Crippen LogP contribution is -2.32. The Balaban J connectivity index is 1.84. The van der Waals surface area contributed by atoms with Crippen LogP contribution in [0.25, 0.3) is 0 Å². The molecule has 2 aromatic rings. The van der Waals surface area contributed by atoms with Crippen molar-refractivity contribution < 1.29 is 9.59 Å². The Bertz CT molecular complexity index is 785. The molecule has 6 nitrogen and oxygen atoms in total. The second-order valence-electron chi connectivity index (χ2n) is 6.21. The molecule has 0 saturated heterocycles. The number of halogens is 1. The molecule has 1 atom stereocenters. The minimum absolute atomic E-state index is 0.0101. The molecule has 2 amide bonds. The molecule has 0 radical (unpaired) electrons. The highest BCUT2D eigenvalue weighted by Gasteiger charge is 2.14. The topological polar surface area (TPSA) is 76.0 Å². The van der Waals surface area contributed by atoms with Crippen LogP contribution in [0.1, 0.15) is 36.3 Å². The van der Waals surface area contributed by atoms with Crippen LogP contribution in [0.15, 0.2) is 24.3 Å². The van der Waals surface area contributed by atoms with Crippen LogP contribution in [0, 0.1) is 20.8 Å². The number of nitrogens with one attached hydrogen (secondary N) is 2. The van der Waals surface area contributed by atoms with Gasteiger partial charge in [0.05, 0.1) is 11.7 Å². The molecule has 2 N–H and O–H groups in total. The third-order valence-electron chi connectivity index (χ3n) is 3.85. The molecule has 0 aliphatic rings. The molecule has 7 heteroatoms. The van der Waals surface area contributed by atoms with E-state index in [1.54, 1.807) is 12.1 Å². The third-order valence-corrected chi connectivity index (χ3v) is 4.09. The van der Waals surface area contributed by atoms with Crippen LogP contribution in [0.5, 0.6) is 0 Å². The Labute approximate surface area is 152 Å². The number of carbonyl (C=O) groups is 2. The molecular formula is C18H23ClN4O2. The Morgan fingerprint density at radius 2 is 1.92 bits per heavy atom. The van der Waals surface area contributed by atoms with Crippen LogP contribution in [0.4, 0.5) is 5.69 Å². The van der Waals surface area contributed by atoms with Crippen molar-refractivity contribution in [2.24, 2.45) is 0 Å². The van der Waals surface area contributed by atoms with Gasteiger partial charge in [0.2, 0.25) is 11.8 Å². The second-order valence-corrected chi connectivity index (χ2v) is 6.65. The van der Waals surface area contributed by atoms with Crippen LogP contribution in [-0.4, -0.2) is 28.1 Å². The molecule has 1 aromatic carbocycles. The number of carbonyl (C=O) groups excluding carboxylic acids is 2. The molecule has 1 aromatic heterocycles. The van der Waals surface area contributed by atoms with Crippen molar-refractivity contribution >= 4 is 29.1 Å². The van der Waals surface area contributed by atoms with Gasteiger partial charge < -0.3 is 10.6 Å². The summed E-state index contributed by atoms with van der Waals surface area (Å²) < 4.78 is 1.87. The number of anilines is 1. The number of aryl methyl sites for hydroxylation is 3. The summed E-state index contributed by atoms with van der Waals surface area (Å²) in [5.74, 6) is -0.702. The van der Waals surface area contributed by atoms with E-state index in [1.165, 1.54) is 0 Å². The van der Waals surface area contributed by atoms with Gasteiger partial charge in [0.15, 0.2) is 0 Å². The third kappa shape index (κ3) is 5.32. The van der Waals surface area contributed by atoms with Gasteiger partial charge >= 0.3 is 0 Å². The summed E-state index contributed by atoms with van der Waals surface area (Å²) in [4.78, 5) is 24.0. The first-order valence-electron chi connectivity index (χ1n) is 8.11. The summed E-state index contributed by atoms with van der Waals surface area (Å²) in [7, 11) is 0. The normalized spacial score (nSPS) is 11.9. The summed E-state index contributed by atoms with van der Waals surface area (Å²) in [5.41, 5.74) is 3.47. The van der Waals surface area contributed by atoms with Crippen LogP contribution in [0.3, 0.4) is 0 Å². The predicted octanol–water partition coefficient (Wildman–Crippen LogP) is 3.17. The van der Waals surface area contributed by atoms with Gasteiger partial charge in [0.25, 0.3) is 0 Å².